The summed E-state index contributed by atoms with van der Waals surface area (Å²) in [6.07, 6.45) is 3.23. The molecule has 1 fully saturated rings. The number of carbonyl (C=O) groups is 1. The van der Waals surface area contributed by atoms with Gasteiger partial charge in [-0.25, -0.2) is 9.37 Å². The monoisotopic (exact) mass is 489 g/mol. The molecule has 0 bridgehead atoms. The normalized spacial score (nSPS) is 22.3. The van der Waals surface area contributed by atoms with Gasteiger partial charge in [0.1, 0.15) is 11.6 Å². The lowest BCUT2D eigenvalue weighted by atomic mass is 9.91. The molecule has 2 aliphatic rings. The molecule has 4 heterocycles. The summed E-state index contributed by atoms with van der Waals surface area (Å²) in [6, 6.07) is 2.47. The first-order valence-electron chi connectivity index (χ1n) is 11.5. The van der Waals surface area contributed by atoms with Crippen LogP contribution in [0.2, 0.25) is 5.02 Å². The second kappa shape index (κ2) is 9.07. The van der Waals surface area contributed by atoms with Crippen LogP contribution in [-0.4, -0.2) is 57.5 Å². The first-order chi connectivity index (χ1) is 16.4. The van der Waals surface area contributed by atoms with E-state index in [1.807, 2.05) is 16.4 Å². The minimum atomic E-state index is -0.500. The van der Waals surface area contributed by atoms with Crippen molar-refractivity contribution in [2.24, 2.45) is 11.7 Å². The van der Waals surface area contributed by atoms with Crippen molar-refractivity contribution in [2.75, 3.05) is 24.7 Å². The largest absolute Gasteiger partial charge is 0.355 e. The molecule has 8 nitrogen and oxygen atoms in total. The van der Waals surface area contributed by atoms with Gasteiger partial charge in [-0.2, -0.15) is 0 Å². The molecular weight excluding hydrogens is 464 g/mol. The Bertz CT molecular complexity index is 1250. The van der Waals surface area contributed by atoms with Crippen LogP contribution in [0.4, 0.5) is 14.6 Å². The molecule has 180 valence electrons. The number of nitrogens with zero attached hydrogens (tertiary/aromatic N) is 5. The molecular formula is C23H26ClF2N7O. The molecule has 3 aromatic heterocycles. The first kappa shape index (κ1) is 22.9. The predicted molar refractivity (Wildman–Crippen MR) is 125 cm³/mol. The third-order valence-corrected chi connectivity index (χ3v) is 7.12. The van der Waals surface area contributed by atoms with Crippen molar-refractivity contribution >= 4 is 34.4 Å². The van der Waals surface area contributed by atoms with E-state index in [2.05, 4.69) is 20.5 Å². The molecule has 0 saturated carbocycles. The molecule has 3 unspecified atom stereocenters. The number of nitrogens with one attached hydrogen (secondary N) is 1. The maximum atomic E-state index is 15.0. The van der Waals surface area contributed by atoms with E-state index in [-0.39, 0.29) is 35.4 Å². The van der Waals surface area contributed by atoms with E-state index in [0.29, 0.717) is 72.0 Å². The topological polar surface area (TPSA) is 102 Å². The third-order valence-electron chi connectivity index (χ3n) is 6.82. The zero-order chi connectivity index (χ0) is 24.0. The van der Waals surface area contributed by atoms with Gasteiger partial charge in [0.2, 0.25) is 0 Å². The van der Waals surface area contributed by atoms with Gasteiger partial charge in [-0.1, -0.05) is 11.6 Å². The Labute approximate surface area is 200 Å². The molecule has 0 spiro atoms. The summed E-state index contributed by atoms with van der Waals surface area (Å²) in [7, 11) is 0. The maximum Gasteiger partial charge on any atom is 0.272 e. The summed E-state index contributed by atoms with van der Waals surface area (Å²) in [5.74, 6) is -0.524. The molecule has 0 radical (unpaired) electrons. The molecule has 0 aromatic carbocycles. The highest BCUT2D eigenvalue weighted by atomic mass is 35.5. The number of fused-ring (bicyclic) bond motifs is 2. The van der Waals surface area contributed by atoms with Crippen LogP contribution in [0.25, 0.3) is 11.0 Å². The van der Waals surface area contributed by atoms with Crippen LogP contribution < -0.4 is 16.0 Å². The number of aromatic nitrogens is 4. The molecule has 1 saturated heterocycles. The average Bonchev–Trinajstić information content (AvgIpc) is 3.38. The van der Waals surface area contributed by atoms with Crippen molar-refractivity contribution in [1.82, 2.24) is 25.1 Å². The zero-order valence-electron chi connectivity index (χ0n) is 18.8. The lowest BCUT2D eigenvalue weighted by Gasteiger charge is -2.27. The van der Waals surface area contributed by atoms with Crippen molar-refractivity contribution in [3.63, 3.8) is 0 Å². The Morgan fingerprint density at radius 3 is 2.88 bits per heavy atom. The number of pyridine rings is 1. The third kappa shape index (κ3) is 4.09. The van der Waals surface area contributed by atoms with E-state index in [1.54, 1.807) is 12.3 Å². The van der Waals surface area contributed by atoms with Crippen LogP contribution in [0.5, 0.6) is 0 Å². The minimum Gasteiger partial charge on any atom is -0.355 e. The van der Waals surface area contributed by atoms with Gasteiger partial charge in [0, 0.05) is 66.5 Å². The number of halogens is 3. The summed E-state index contributed by atoms with van der Waals surface area (Å²) in [5.41, 5.74) is 7.94. The second-order valence-electron chi connectivity index (χ2n) is 9.01. The zero-order valence-corrected chi connectivity index (χ0v) is 19.5. The van der Waals surface area contributed by atoms with Gasteiger partial charge in [0.25, 0.3) is 5.91 Å². The number of hydrogen-bond acceptors (Lipinski definition) is 6. The molecule has 3 N–H and O–H groups in total. The molecule has 3 aromatic rings. The fraction of sp³-hybridized carbons (Fsp3) is 0.478. The number of anilines is 1. The van der Waals surface area contributed by atoms with Gasteiger partial charge in [-0.3, -0.25) is 9.18 Å². The van der Waals surface area contributed by atoms with E-state index in [4.69, 9.17) is 17.3 Å². The summed E-state index contributed by atoms with van der Waals surface area (Å²) in [5, 5.41) is 12.3. The van der Waals surface area contributed by atoms with Gasteiger partial charge in [0.15, 0.2) is 11.3 Å². The standard InChI is InChI=1S/C23H26ClF2N7O/c1-2-32-10-16(24)14-6-20(30-31-22(14)32)23(34)28-13-3-4-19-15(5-13)17(26)7-21(29-19)33-9-12(8-25)18(27)11-33/h6-7,10,12-13,18H,2-5,8-9,11,27H2,1H3,(H,28,34). The number of amides is 1. The van der Waals surface area contributed by atoms with E-state index >= 15 is 4.39 Å². The fourth-order valence-corrected chi connectivity index (χ4v) is 5.10. The highest BCUT2D eigenvalue weighted by molar-refractivity contribution is 6.35. The first-order valence-corrected chi connectivity index (χ1v) is 11.8. The summed E-state index contributed by atoms with van der Waals surface area (Å²) in [6.45, 7) is 3.04. The van der Waals surface area contributed by atoms with Gasteiger partial charge >= 0.3 is 0 Å². The molecule has 34 heavy (non-hydrogen) atoms. The van der Waals surface area contributed by atoms with E-state index in [0.717, 1.165) is 0 Å². The Morgan fingerprint density at radius 1 is 1.32 bits per heavy atom. The smallest absolute Gasteiger partial charge is 0.272 e. The number of nitrogens with two attached hydrogens (primary N) is 1. The number of carbonyl (C=O) groups excluding carboxylic acids is 1. The van der Waals surface area contributed by atoms with Gasteiger partial charge in [-0.15, -0.1) is 10.2 Å². The van der Waals surface area contributed by atoms with Crippen LogP contribution in [0, 0.1) is 11.7 Å². The second-order valence-corrected chi connectivity index (χ2v) is 9.42. The fourth-order valence-electron chi connectivity index (χ4n) is 4.84. The lowest BCUT2D eigenvalue weighted by Crippen LogP contribution is -2.40. The van der Waals surface area contributed by atoms with Crippen LogP contribution in [-0.2, 0) is 19.4 Å². The highest BCUT2D eigenvalue weighted by Crippen LogP contribution is 2.29. The lowest BCUT2D eigenvalue weighted by molar-refractivity contribution is 0.0927. The van der Waals surface area contributed by atoms with E-state index < -0.39 is 6.67 Å². The number of rotatable bonds is 5. The minimum absolute atomic E-state index is 0.163. The highest BCUT2D eigenvalue weighted by Gasteiger charge is 2.32. The van der Waals surface area contributed by atoms with E-state index in [9.17, 15) is 9.18 Å². The number of alkyl halides is 1. The predicted octanol–water partition coefficient (Wildman–Crippen LogP) is 2.66. The maximum absolute atomic E-state index is 15.0. The molecule has 3 atom stereocenters. The van der Waals surface area contributed by atoms with Crippen molar-refractivity contribution in [2.45, 2.75) is 44.8 Å². The average molecular weight is 490 g/mol. The number of aryl methyl sites for hydroxylation is 2. The summed E-state index contributed by atoms with van der Waals surface area (Å²) < 4.78 is 30.0. The van der Waals surface area contributed by atoms with Crippen LogP contribution in [0.15, 0.2) is 18.3 Å². The van der Waals surface area contributed by atoms with E-state index in [1.165, 1.54) is 6.07 Å². The quantitative estimate of drug-likeness (QED) is 0.571. The Balaban J connectivity index is 1.30. The van der Waals surface area contributed by atoms with Crippen LogP contribution in [0.1, 0.15) is 35.1 Å². The van der Waals surface area contributed by atoms with Crippen molar-refractivity contribution in [3.8, 4) is 0 Å². The molecule has 1 aliphatic heterocycles. The number of hydrogen-bond donors (Lipinski definition) is 2. The van der Waals surface area contributed by atoms with Crippen molar-refractivity contribution in [1.29, 1.82) is 0 Å². The van der Waals surface area contributed by atoms with Crippen LogP contribution in [0.3, 0.4) is 0 Å². The summed E-state index contributed by atoms with van der Waals surface area (Å²) >= 11 is 6.28. The Kier molecular flexibility index (Phi) is 6.11. The Morgan fingerprint density at radius 2 is 2.15 bits per heavy atom. The van der Waals surface area contributed by atoms with Crippen molar-refractivity contribution in [3.05, 3.63) is 46.1 Å². The van der Waals surface area contributed by atoms with Gasteiger partial charge in [-0.05, 0) is 32.3 Å². The van der Waals surface area contributed by atoms with Gasteiger partial charge in [0.05, 0.1) is 11.7 Å². The molecule has 1 aliphatic carbocycles. The van der Waals surface area contributed by atoms with Crippen molar-refractivity contribution < 1.29 is 13.6 Å². The summed E-state index contributed by atoms with van der Waals surface area (Å²) in [4.78, 5) is 19.3. The van der Waals surface area contributed by atoms with Crippen LogP contribution >= 0.6 is 11.6 Å². The molecule has 1 amide bonds. The Hall–Kier alpha value is -2.85. The molecule has 5 rings (SSSR count). The SMILES string of the molecule is CCn1cc(Cl)c2cc(C(=O)NC3CCc4nc(N5CC(N)C(CF)C5)cc(F)c4C3)nnc21. The molecule has 11 heteroatoms. The van der Waals surface area contributed by atoms with Gasteiger partial charge < -0.3 is 20.5 Å².